The molecular formula is C17H15ClN4O2S3. The average molecular weight is 439 g/mol. The van der Waals surface area contributed by atoms with Gasteiger partial charge < -0.3 is 5.73 Å². The summed E-state index contributed by atoms with van der Waals surface area (Å²) in [5.74, 6) is 0.229. The number of pyridine rings is 1. The summed E-state index contributed by atoms with van der Waals surface area (Å²) < 4.78 is 23.1. The van der Waals surface area contributed by atoms with E-state index in [4.69, 9.17) is 23.9 Å². The second-order valence-electron chi connectivity index (χ2n) is 7.05. The number of thioether (sulfide) groups is 1. The van der Waals surface area contributed by atoms with Crippen LogP contribution < -0.4 is 5.73 Å². The molecule has 1 atom stereocenters. The molecule has 10 heteroatoms. The van der Waals surface area contributed by atoms with Crippen LogP contribution in [0.3, 0.4) is 0 Å². The third kappa shape index (κ3) is 3.36. The van der Waals surface area contributed by atoms with Crippen molar-refractivity contribution in [2.75, 3.05) is 11.5 Å². The smallest absolute Gasteiger partial charge is 0.205 e. The maximum atomic E-state index is 11.8. The summed E-state index contributed by atoms with van der Waals surface area (Å²) >= 11 is 9.38. The van der Waals surface area contributed by atoms with E-state index in [0.717, 1.165) is 15.3 Å². The molecule has 0 aliphatic carbocycles. The van der Waals surface area contributed by atoms with E-state index < -0.39 is 20.1 Å². The Kier molecular flexibility index (Phi) is 4.31. The Hall–Kier alpha value is -1.60. The largest absolute Gasteiger partial charge is 0.378 e. The SMILES string of the molecule is [C-]#[N+]c1cncc(-c2cc(Cl)c(C3(C)CC4(CS(=O)(=O)C4)SC(N)=N3)s2)c1. The molecule has 1 saturated heterocycles. The van der Waals surface area contributed by atoms with Gasteiger partial charge in [-0.25, -0.2) is 13.3 Å². The van der Waals surface area contributed by atoms with Crippen LogP contribution in [0.4, 0.5) is 5.69 Å². The third-order valence-corrected chi connectivity index (χ3v) is 9.99. The van der Waals surface area contributed by atoms with Crippen LogP contribution in [0.5, 0.6) is 0 Å². The number of hydrogen-bond acceptors (Lipinski definition) is 7. The van der Waals surface area contributed by atoms with Crippen LogP contribution in [-0.2, 0) is 15.4 Å². The van der Waals surface area contributed by atoms with Crippen LogP contribution in [-0.4, -0.2) is 34.8 Å². The van der Waals surface area contributed by atoms with Gasteiger partial charge in [0.1, 0.15) is 0 Å². The van der Waals surface area contributed by atoms with E-state index in [0.29, 0.717) is 22.3 Å². The molecule has 2 aromatic rings. The number of rotatable bonds is 2. The standard InChI is InChI=1S/C17H15ClN4O2S3/c1-16(7-17(26-15(19)22-16)8-27(23,24)9-17)14-12(18)4-13(25-14)10-3-11(20-2)6-21-5-10/h3-6H,7-9H2,1H3,(H2,19,22). The topological polar surface area (TPSA) is 89.8 Å². The van der Waals surface area contributed by atoms with Gasteiger partial charge in [0.25, 0.3) is 0 Å². The highest BCUT2D eigenvalue weighted by atomic mass is 35.5. The molecule has 27 heavy (non-hydrogen) atoms. The second kappa shape index (κ2) is 6.21. The number of nitrogens with zero attached hydrogens (tertiary/aromatic N) is 3. The zero-order chi connectivity index (χ0) is 19.4. The molecule has 4 heterocycles. The zero-order valence-corrected chi connectivity index (χ0v) is 17.5. The molecule has 0 amide bonds. The van der Waals surface area contributed by atoms with Gasteiger partial charge in [0.15, 0.2) is 15.0 Å². The van der Waals surface area contributed by atoms with Gasteiger partial charge in [0.05, 0.1) is 38.3 Å². The number of sulfone groups is 1. The fourth-order valence-corrected chi connectivity index (χ4v) is 9.67. The fraction of sp³-hybridized carbons (Fsp3) is 0.353. The molecule has 6 nitrogen and oxygen atoms in total. The molecule has 2 aromatic heterocycles. The van der Waals surface area contributed by atoms with Gasteiger partial charge in [0, 0.05) is 17.3 Å². The highest BCUT2D eigenvalue weighted by molar-refractivity contribution is 8.17. The summed E-state index contributed by atoms with van der Waals surface area (Å²) in [5.41, 5.74) is 6.65. The Bertz CT molecular complexity index is 1110. The van der Waals surface area contributed by atoms with Crippen molar-refractivity contribution >= 4 is 55.4 Å². The van der Waals surface area contributed by atoms with E-state index in [1.807, 2.05) is 13.0 Å². The number of aromatic nitrogens is 1. The van der Waals surface area contributed by atoms with Gasteiger partial charge in [-0.2, -0.15) is 0 Å². The maximum Gasteiger partial charge on any atom is 0.205 e. The summed E-state index contributed by atoms with van der Waals surface area (Å²) in [6.45, 7) is 9.09. The monoisotopic (exact) mass is 438 g/mol. The molecular weight excluding hydrogens is 424 g/mol. The Morgan fingerprint density at radius 3 is 2.74 bits per heavy atom. The van der Waals surface area contributed by atoms with Gasteiger partial charge in [-0.3, -0.25) is 9.98 Å². The van der Waals surface area contributed by atoms with Crippen molar-refractivity contribution in [1.82, 2.24) is 4.98 Å². The van der Waals surface area contributed by atoms with E-state index in [9.17, 15) is 8.42 Å². The number of amidine groups is 1. The molecule has 2 N–H and O–H groups in total. The molecule has 0 aromatic carbocycles. The van der Waals surface area contributed by atoms with E-state index in [1.165, 1.54) is 29.3 Å². The Labute approximate surface area is 170 Å². The predicted octanol–water partition coefficient (Wildman–Crippen LogP) is 3.85. The van der Waals surface area contributed by atoms with Crippen LogP contribution in [0.15, 0.2) is 29.5 Å². The molecule has 0 bridgehead atoms. The van der Waals surface area contributed by atoms with Gasteiger partial charge in [-0.1, -0.05) is 23.4 Å². The number of nitrogens with two attached hydrogens (primary N) is 1. The van der Waals surface area contributed by atoms with Crippen LogP contribution in [0.25, 0.3) is 15.3 Å². The van der Waals surface area contributed by atoms with Crippen molar-refractivity contribution in [3.8, 4) is 10.4 Å². The number of halogens is 1. The second-order valence-corrected chi connectivity index (χ2v) is 12.1. The third-order valence-electron chi connectivity index (χ3n) is 4.62. The van der Waals surface area contributed by atoms with E-state index in [1.54, 1.807) is 12.3 Å². The summed E-state index contributed by atoms with van der Waals surface area (Å²) in [7, 11) is -3.00. The first-order valence-corrected chi connectivity index (χ1v) is 11.8. The normalized spacial score (nSPS) is 25.4. The van der Waals surface area contributed by atoms with Gasteiger partial charge >= 0.3 is 0 Å². The minimum absolute atomic E-state index is 0.114. The van der Waals surface area contributed by atoms with Crippen molar-refractivity contribution < 1.29 is 8.42 Å². The highest BCUT2D eigenvalue weighted by Gasteiger charge is 2.56. The van der Waals surface area contributed by atoms with Crippen molar-refractivity contribution in [2.45, 2.75) is 23.6 Å². The molecule has 1 unspecified atom stereocenters. The summed E-state index contributed by atoms with van der Waals surface area (Å²) in [5, 5.41) is 0.952. The van der Waals surface area contributed by atoms with E-state index in [2.05, 4.69) is 14.8 Å². The lowest BCUT2D eigenvalue weighted by Crippen LogP contribution is -2.58. The van der Waals surface area contributed by atoms with Gasteiger partial charge in [-0.15, -0.1) is 11.3 Å². The quantitative estimate of drug-likeness (QED) is 0.719. The fourth-order valence-electron chi connectivity index (χ4n) is 3.74. The summed E-state index contributed by atoms with van der Waals surface area (Å²) in [6, 6.07) is 3.61. The summed E-state index contributed by atoms with van der Waals surface area (Å²) in [6.07, 6.45) is 3.76. The molecule has 0 radical (unpaired) electrons. The number of thiophene rings is 1. The first kappa shape index (κ1) is 18.7. The lowest BCUT2D eigenvalue weighted by Gasteiger charge is -2.47. The molecule has 2 aliphatic rings. The lowest BCUT2D eigenvalue weighted by molar-refractivity contribution is 0.394. The molecule has 0 saturated carbocycles. The van der Waals surface area contributed by atoms with Gasteiger partial charge in [-0.05, 0) is 31.0 Å². The average Bonchev–Trinajstić information content (AvgIpc) is 2.95. The molecule has 1 fully saturated rings. The summed E-state index contributed by atoms with van der Waals surface area (Å²) in [4.78, 5) is 13.9. The van der Waals surface area contributed by atoms with Crippen molar-refractivity contribution in [3.05, 3.63) is 45.8 Å². The van der Waals surface area contributed by atoms with E-state index in [-0.39, 0.29) is 11.5 Å². The Morgan fingerprint density at radius 2 is 2.07 bits per heavy atom. The molecule has 4 rings (SSSR count). The molecule has 1 spiro atoms. The molecule has 2 aliphatic heterocycles. The highest BCUT2D eigenvalue weighted by Crippen LogP contribution is 2.54. The van der Waals surface area contributed by atoms with Crippen LogP contribution in [0.1, 0.15) is 18.2 Å². The molecule has 140 valence electrons. The van der Waals surface area contributed by atoms with E-state index >= 15 is 0 Å². The van der Waals surface area contributed by atoms with Gasteiger partial charge in [0.2, 0.25) is 5.69 Å². The van der Waals surface area contributed by atoms with Crippen LogP contribution >= 0.6 is 34.7 Å². The maximum absolute atomic E-state index is 11.8. The Morgan fingerprint density at radius 1 is 1.33 bits per heavy atom. The first-order valence-electron chi connectivity index (χ1n) is 8.01. The van der Waals surface area contributed by atoms with Crippen molar-refractivity contribution in [3.63, 3.8) is 0 Å². The first-order chi connectivity index (χ1) is 12.6. The van der Waals surface area contributed by atoms with Crippen molar-refractivity contribution in [1.29, 1.82) is 0 Å². The van der Waals surface area contributed by atoms with Crippen molar-refractivity contribution in [2.24, 2.45) is 10.7 Å². The predicted molar refractivity (Wildman–Crippen MR) is 111 cm³/mol. The number of aliphatic imine (C=N–C) groups is 1. The van der Waals surface area contributed by atoms with Crippen LogP contribution in [0, 0.1) is 6.57 Å². The number of hydrogen-bond donors (Lipinski definition) is 1. The Balaban J connectivity index is 1.74. The lowest BCUT2D eigenvalue weighted by atomic mass is 9.88. The minimum Gasteiger partial charge on any atom is -0.378 e. The van der Waals surface area contributed by atoms with Crippen LogP contribution in [0.2, 0.25) is 5.02 Å². The minimum atomic E-state index is -3.00. The zero-order valence-electron chi connectivity index (χ0n) is 14.3.